The minimum Gasteiger partial charge on any atom is -0.391 e. The van der Waals surface area contributed by atoms with E-state index >= 15 is 0 Å². The van der Waals surface area contributed by atoms with E-state index in [1.807, 2.05) is 6.08 Å². The third-order valence-electron chi connectivity index (χ3n) is 3.22. The largest absolute Gasteiger partial charge is 0.391 e. The summed E-state index contributed by atoms with van der Waals surface area (Å²) in [6.07, 6.45) is 7.99. The van der Waals surface area contributed by atoms with Gasteiger partial charge in [0.15, 0.2) is 0 Å². The van der Waals surface area contributed by atoms with Crippen LogP contribution in [-0.2, 0) is 4.84 Å². The number of rotatable bonds is 1. The molecule has 2 aliphatic carbocycles. The summed E-state index contributed by atoms with van der Waals surface area (Å²) in [4.78, 5) is 5.38. The normalized spacial score (nSPS) is 47.2. The zero-order valence-electron chi connectivity index (χ0n) is 6.81. The molecule has 0 N–H and O–H groups in total. The first kappa shape index (κ1) is 6.46. The summed E-state index contributed by atoms with van der Waals surface area (Å²) >= 11 is 0. The molecule has 1 heterocycles. The SMILES string of the molecule is C=CC1=NO[C@H]2[C@@H]1[C@@H]1C=C[C@H]2C1. The molecule has 0 radical (unpaired) electrons. The van der Waals surface area contributed by atoms with E-state index in [-0.39, 0.29) is 0 Å². The van der Waals surface area contributed by atoms with E-state index in [2.05, 4.69) is 23.9 Å². The quantitative estimate of drug-likeness (QED) is 0.537. The third-order valence-corrected chi connectivity index (χ3v) is 3.22. The Morgan fingerprint density at radius 2 is 2.33 bits per heavy atom. The molecule has 1 aliphatic heterocycles. The summed E-state index contributed by atoms with van der Waals surface area (Å²) in [7, 11) is 0. The molecular formula is C10H11NO. The van der Waals surface area contributed by atoms with Gasteiger partial charge < -0.3 is 4.84 Å². The lowest BCUT2D eigenvalue weighted by atomic mass is 9.87. The van der Waals surface area contributed by atoms with Gasteiger partial charge in [0.2, 0.25) is 0 Å². The fourth-order valence-corrected chi connectivity index (χ4v) is 2.66. The van der Waals surface area contributed by atoms with Crippen LogP contribution in [0.25, 0.3) is 0 Å². The molecule has 0 unspecified atom stereocenters. The Kier molecular flexibility index (Phi) is 1.08. The van der Waals surface area contributed by atoms with E-state index in [9.17, 15) is 0 Å². The van der Waals surface area contributed by atoms with Crippen molar-refractivity contribution in [3.05, 3.63) is 24.8 Å². The van der Waals surface area contributed by atoms with Gasteiger partial charge in [0.1, 0.15) is 6.10 Å². The molecule has 3 aliphatic rings. The second-order valence-electron chi connectivity index (χ2n) is 3.76. The molecule has 4 atom stereocenters. The smallest absolute Gasteiger partial charge is 0.142 e. The highest BCUT2D eigenvalue weighted by molar-refractivity contribution is 5.98. The van der Waals surface area contributed by atoms with Gasteiger partial charge >= 0.3 is 0 Å². The lowest BCUT2D eigenvalue weighted by Gasteiger charge is -2.17. The molecule has 12 heavy (non-hydrogen) atoms. The van der Waals surface area contributed by atoms with Crippen LogP contribution in [0.5, 0.6) is 0 Å². The van der Waals surface area contributed by atoms with Crippen molar-refractivity contribution >= 4 is 5.71 Å². The number of hydrogen-bond acceptors (Lipinski definition) is 2. The number of oxime groups is 1. The molecule has 2 nitrogen and oxygen atoms in total. The van der Waals surface area contributed by atoms with Crippen LogP contribution >= 0.6 is 0 Å². The van der Waals surface area contributed by atoms with Crippen LogP contribution < -0.4 is 0 Å². The Hall–Kier alpha value is -1.05. The minimum atomic E-state index is 0.327. The molecule has 62 valence electrons. The Morgan fingerprint density at radius 3 is 3.17 bits per heavy atom. The Morgan fingerprint density at radius 1 is 1.50 bits per heavy atom. The molecule has 1 fully saturated rings. The van der Waals surface area contributed by atoms with Crippen LogP contribution in [0.3, 0.4) is 0 Å². The summed E-state index contributed by atoms with van der Waals surface area (Å²) in [6.45, 7) is 3.75. The second kappa shape index (κ2) is 2.00. The van der Waals surface area contributed by atoms with Crippen molar-refractivity contribution in [3.63, 3.8) is 0 Å². The maximum Gasteiger partial charge on any atom is 0.142 e. The van der Waals surface area contributed by atoms with Gasteiger partial charge in [-0.2, -0.15) is 0 Å². The van der Waals surface area contributed by atoms with Crippen molar-refractivity contribution in [2.45, 2.75) is 12.5 Å². The maximum atomic E-state index is 5.38. The summed E-state index contributed by atoms with van der Waals surface area (Å²) in [6, 6.07) is 0. The molecule has 2 heteroatoms. The molecule has 1 saturated carbocycles. The standard InChI is InChI=1S/C10H11NO/c1-2-8-9-6-3-4-7(5-6)10(9)12-11-8/h2-4,6-7,9-10H,1,5H2/t6-,7+,9-,10-/m1/s1. The molecule has 0 saturated heterocycles. The summed E-state index contributed by atoms with van der Waals surface area (Å²) in [5, 5.41) is 4.04. The molecule has 2 bridgehead atoms. The van der Waals surface area contributed by atoms with Gasteiger partial charge in [-0.1, -0.05) is 23.9 Å². The molecular weight excluding hydrogens is 150 g/mol. The number of hydrogen-bond donors (Lipinski definition) is 0. The lowest BCUT2D eigenvalue weighted by Crippen LogP contribution is -2.26. The zero-order chi connectivity index (χ0) is 8.13. The van der Waals surface area contributed by atoms with Gasteiger partial charge in [0.05, 0.1) is 11.6 Å². The Bertz CT molecular complexity index is 292. The van der Waals surface area contributed by atoms with Crippen LogP contribution in [-0.4, -0.2) is 11.8 Å². The summed E-state index contributed by atoms with van der Waals surface area (Å²) < 4.78 is 0. The average molecular weight is 161 g/mol. The van der Waals surface area contributed by atoms with Crippen molar-refractivity contribution in [3.8, 4) is 0 Å². The second-order valence-corrected chi connectivity index (χ2v) is 3.76. The van der Waals surface area contributed by atoms with Crippen LogP contribution in [0.15, 0.2) is 30.0 Å². The molecule has 0 aromatic carbocycles. The van der Waals surface area contributed by atoms with Gasteiger partial charge in [-0.3, -0.25) is 0 Å². The summed E-state index contributed by atoms with van der Waals surface area (Å²) in [5.41, 5.74) is 1.05. The third kappa shape index (κ3) is 0.591. The summed E-state index contributed by atoms with van der Waals surface area (Å²) in [5.74, 6) is 1.79. The van der Waals surface area contributed by atoms with Crippen molar-refractivity contribution in [1.29, 1.82) is 0 Å². The minimum absolute atomic E-state index is 0.327. The Labute approximate surface area is 71.6 Å². The van der Waals surface area contributed by atoms with Gasteiger partial charge in [-0.05, 0) is 18.4 Å². The van der Waals surface area contributed by atoms with Crippen molar-refractivity contribution in [1.82, 2.24) is 0 Å². The topological polar surface area (TPSA) is 21.6 Å². The Balaban J connectivity index is 2.00. The van der Waals surface area contributed by atoms with Crippen LogP contribution in [0.1, 0.15) is 6.42 Å². The predicted octanol–water partition coefficient (Wildman–Crippen LogP) is 1.75. The van der Waals surface area contributed by atoms with Crippen LogP contribution in [0, 0.1) is 17.8 Å². The van der Waals surface area contributed by atoms with Crippen molar-refractivity contribution < 1.29 is 4.84 Å². The van der Waals surface area contributed by atoms with Crippen LogP contribution in [0.2, 0.25) is 0 Å². The van der Waals surface area contributed by atoms with E-state index in [0.717, 1.165) is 5.71 Å². The van der Waals surface area contributed by atoms with E-state index < -0.39 is 0 Å². The first-order chi connectivity index (χ1) is 5.90. The first-order valence-electron chi connectivity index (χ1n) is 4.44. The van der Waals surface area contributed by atoms with E-state index in [1.165, 1.54) is 6.42 Å². The lowest BCUT2D eigenvalue weighted by molar-refractivity contribution is 0.0504. The van der Waals surface area contributed by atoms with Gasteiger partial charge in [-0.15, -0.1) is 0 Å². The fourth-order valence-electron chi connectivity index (χ4n) is 2.66. The van der Waals surface area contributed by atoms with Gasteiger partial charge in [0.25, 0.3) is 0 Å². The maximum absolute atomic E-state index is 5.38. The van der Waals surface area contributed by atoms with Gasteiger partial charge in [0, 0.05) is 5.92 Å². The first-order valence-corrected chi connectivity index (χ1v) is 4.44. The van der Waals surface area contributed by atoms with E-state index in [4.69, 9.17) is 4.84 Å². The molecule has 0 spiro atoms. The highest BCUT2D eigenvalue weighted by atomic mass is 16.6. The fraction of sp³-hybridized carbons (Fsp3) is 0.500. The predicted molar refractivity (Wildman–Crippen MR) is 46.7 cm³/mol. The average Bonchev–Trinajstić information content (AvgIpc) is 2.76. The van der Waals surface area contributed by atoms with Crippen molar-refractivity contribution in [2.24, 2.45) is 22.9 Å². The molecule has 3 rings (SSSR count). The molecule has 0 aromatic heterocycles. The molecule has 0 aromatic rings. The number of allylic oxidation sites excluding steroid dienone is 2. The highest BCUT2D eigenvalue weighted by Gasteiger charge is 2.50. The number of nitrogens with zero attached hydrogens (tertiary/aromatic N) is 1. The van der Waals surface area contributed by atoms with Crippen LogP contribution in [0.4, 0.5) is 0 Å². The number of fused-ring (bicyclic) bond motifs is 5. The van der Waals surface area contributed by atoms with Crippen molar-refractivity contribution in [2.75, 3.05) is 0 Å². The van der Waals surface area contributed by atoms with Gasteiger partial charge in [-0.25, -0.2) is 0 Å². The molecule has 0 amide bonds. The zero-order valence-corrected chi connectivity index (χ0v) is 6.81. The highest BCUT2D eigenvalue weighted by Crippen LogP contribution is 2.48. The monoisotopic (exact) mass is 161 g/mol. The van der Waals surface area contributed by atoms with E-state index in [1.54, 1.807) is 0 Å². The van der Waals surface area contributed by atoms with E-state index in [0.29, 0.717) is 23.9 Å².